The summed E-state index contributed by atoms with van der Waals surface area (Å²) in [5, 5.41) is 8.40. The van der Waals surface area contributed by atoms with E-state index in [0.29, 0.717) is 11.5 Å². The Kier molecular flexibility index (Phi) is 5.32. The van der Waals surface area contributed by atoms with Crippen molar-refractivity contribution in [3.8, 4) is 11.5 Å². The maximum absolute atomic E-state index is 11.9. The summed E-state index contributed by atoms with van der Waals surface area (Å²) in [7, 11) is -3.94. The van der Waals surface area contributed by atoms with Crippen LogP contribution in [0.25, 0.3) is 0 Å². The average molecular weight is 337 g/mol. The van der Waals surface area contributed by atoms with E-state index in [0.717, 1.165) is 5.56 Å². The van der Waals surface area contributed by atoms with Crippen LogP contribution >= 0.6 is 0 Å². The Morgan fingerprint density at radius 1 is 1.13 bits per heavy atom. The van der Waals surface area contributed by atoms with Crippen LogP contribution in [0.2, 0.25) is 0 Å². The van der Waals surface area contributed by atoms with Crippen molar-refractivity contribution in [2.45, 2.75) is 11.8 Å². The molecule has 0 aliphatic heterocycles. The van der Waals surface area contributed by atoms with E-state index >= 15 is 0 Å². The molecule has 0 aromatic heterocycles. The Bertz CT molecular complexity index is 786. The van der Waals surface area contributed by atoms with E-state index in [9.17, 15) is 13.2 Å². The number of hydrogen-bond acceptors (Lipinski definition) is 5. The van der Waals surface area contributed by atoms with Gasteiger partial charge in [0.05, 0.1) is 4.90 Å². The molecule has 0 amide bonds. The van der Waals surface area contributed by atoms with E-state index in [4.69, 9.17) is 9.84 Å². The van der Waals surface area contributed by atoms with Gasteiger partial charge in [-0.25, -0.2) is 13.2 Å². The first-order valence-electron chi connectivity index (χ1n) is 6.57. The molecule has 7 nitrogen and oxygen atoms in total. The van der Waals surface area contributed by atoms with Crippen LogP contribution in [0.4, 0.5) is 0 Å². The first-order valence-corrected chi connectivity index (χ1v) is 8.05. The predicted molar refractivity (Wildman–Crippen MR) is 81.6 cm³/mol. The number of carboxylic acids is 1. The molecule has 2 aromatic carbocycles. The molecule has 122 valence electrons. The Morgan fingerprint density at radius 2 is 1.83 bits per heavy atom. The van der Waals surface area contributed by atoms with Crippen molar-refractivity contribution in [1.82, 2.24) is 4.89 Å². The second kappa shape index (κ2) is 7.23. The van der Waals surface area contributed by atoms with Crippen molar-refractivity contribution in [2.24, 2.45) is 0 Å². The molecule has 0 heterocycles. The molecular formula is C15H15NO6S. The average Bonchev–Trinajstić information content (AvgIpc) is 2.47. The fraction of sp³-hybridized carbons (Fsp3) is 0.133. The molecule has 2 rings (SSSR count). The zero-order valence-electron chi connectivity index (χ0n) is 12.2. The summed E-state index contributed by atoms with van der Waals surface area (Å²) in [6, 6.07) is 13.1. The molecule has 0 unspecified atom stereocenters. The largest absolute Gasteiger partial charge is 0.479 e. The molecule has 0 atom stereocenters. The summed E-state index contributed by atoms with van der Waals surface area (Å²) in [6.07, 6.45) is 0. The molecule has 0 saturated carbocycles. The second-order valence-corrected chi connectivity index (χ2v) is 6.30. The maximum atomic E-state index is 11.9. The standard InChI is InChI=1S/C15H15NO6S/c1-11-3-2-4-13(9-11)22-12-5-7-14(8-6-12)23(19,20)16-21-10-15(17)18/h2-9,16H,10H2,1H3,(H,17,18). The lowest BCUT2D eigenvalue weighted by atomic mass is 10.2. The lowest BCUT2D eigenvalue weighted by Gasteiger charge is -2.08. The summed E-state index contributed by atoms with van der Waals surface area (Å²) < 4.78 is 29.3. The van der Waals surface area contributed by atoms with Crippen LogP contribution in [-0.2, 0) is 19.7 Å². The van der Waals surface area contributed by atoms with Gasteiger partial charge in [-0.05, 0) is 48.9 Å². The molecule has 0 radical (unpaired) electrons. The van der Waals surface area contributed by atoms with Gasteiger partial charge in [-0.3, -0.25) is 4.84 Å². The number of carboxylic acid groups (broad SMARTS) is 1. The van der Waals surface area contributed by atoms with Gasteiger partial charge in [-0.1, -0.05) is 17.0 Å². The number of benzene rings is 2. The molecule has 2 aromatic rings. The molecule has 0 saturated heterocycles. The normalized spacial score (nSPS) is 11.2. The monoisotopic (exact) mass is 337 g/mol. The highest BCUT2D eigenvalue weighted by atomic mass is 32.2. The number of hydrogen-bond donors (Lipinski definition) is 2. The van der Waals surface area contributed by atoms with Crippen LogP contribution in [0.3, 0.4) is 0 Å². The Hall–Kier alpha value is -2.42. The first-order chi connectivity index (χ1) is 10.9. The lowest BCUT2D eigenvalue weighted by molar-refractivity contribution is -0.143. The fourth-order valence-corrected chi connectivity index (χ4v) is 2.52. The van der Waals surface area contributed by atoms with E-state index in [1.165, 1.54) is 24.3 Å². The molecule has 0 bridgehead atoms. The zero-order valence-corrected chi connectivity index (χ0v) is 13.0. The van der Waals surface area contributed by atoms with Crippen molar-refractivity contribution >= 4 is 16.0 Å². The van der Waals surface area contributed by atoms with Gasteiger partial charge >= 0.3 is 5.97 Å². The zero-order chi connectivity index (χ0) is 16.9. The van der Waals surface area contributed by atoms with Gasteiger partial charge in [0, 0.05) is 0 Å². The van der Waals surface area contributed by atoms with Gasteiger partial charge in [0.1, 0.15) is 11.5 Å². The third-order valence-corrected chi connectivity index (χ3v) is 3.95. The van der Waals surface area contributed by atoms with Crippen LogP contribution in [0.15, 0.2) is 53.4 Å². The Morgan fingerprint density at radius 3 is 2.43 bits per heavy atom. The minimum absolute atomic E-state index is 0.0699. The number of sulfonamides is 1. The third kappa shape index (κ3) is 5.06. The van der Waals surface area contributed by atoms with Crippen LogP contribution in [0.5, 0.6) is 11.5 Å². The number of carbonyl (C=O) groups is 1. The quantitative estimate of drug-likeness (QED) is 0.750. The molecule has 0 spiro atoms. The molecule has 8 heteroatoms. The van der Waals surface area contributed by atoms with Crippen molar-refractivity contribution in [2.75, 3.05) is 6.61 Å². The molecule has 23 heavy (non-hydrogen) atoms. The summed E-state index contributed by atoms with van der Waals surface area (Å²) in [5.41, 5.74) is 1.04. The Labute approximate surface area is 133 Å². The summed E-state index contributed by atoms with van der Waals surface area (Å²) in [5.74, 6) is -0.167. The van der Waals surface area contributed by atoms with Crippen molar-refractivity contribution in [1.29, 1.82) is 0 Å². The highest BCUT2D eigenvalue weighted by Crippen LogP contribution is 2.23. The van der Waals surface area contributed by atoms with Gasteiger partial charge in [-0.2, -0.15) is 0 Å². The molecule has 0 aliphatic rings. The van der Waals surface area contributed by atoms with Gasteiger partial charge < -0.3 is 9.84 Å². The minimum atomic E-state index is -3.94. The van der Waals surface area contributed by atoms with Gasteiger partial charge in [0.15, 0.2) is 6.61 Å². The van der Waals surface area contributed by atoms with Crippen LogP contribution < -0.4 is 9.62 Å². The summed E-state index contributed by atoms with van der Waals surface area (Å²) >= 11 is 0. The number of ether oxygens (including phenoxy) is 1. The number of aliphatic carboxylic acids is 1. The maximum Gasteiger partial charge on any atom is 0.331 e. The summed E-state index contributed by atoms with van der Waals surface area (Å²) in [6.45, 7) is 1.17. The highest BCUT2D eigenvalue weighted by molar-refractivity contribution is 7.89. The minimum Gasteiger partial charge on any atom is -0.479 e. The molecule has 0 aliphatic carbocycles. The van der Waals surface area contributed by atoms with Crippen molar-refractivity contribution in [3.05, 3.63) is 54.1 Å². The predicted octanol–water partition coefficient (Wildman–Crippen LogP) is 2.08. The van der Waals surface area contributed by atoms with Gasteiger partial charge in [-0.15, -0.1) is 0 Å². The van der Waals surface area contributed by atoms with Gasteiger partial charge in [0.2, 0.25) is 0 Å². The number of aryl methyl sites for hydroxylation is 1. The highest BCUT2D eigenvalue weighted by Gasteiger charge is 2.15. The van der Waals surface area contributed by atoms with E-state index in [1.54, 1.807) is 11.0 Å². The van der Waals surface area contributed by atoms with Crippen LogP contribution in [0.1, 0.15) is 5.56 Å². The molecular weight excluding hydrogens is 322 g/mol. The van der Waals surface area contributed by atoms with Crippen molar-refractivity contribution < 1.29 is 27.9 Å². The summed E-state index contributed by atoms with van der Waals surface area (Å²) in [4.78, 5) is 16.3. The topological polar surface area (TPSA) is 102 Å². The van der Waals surface area contributed by atoms with E-state index < -0.39 is 22.6 Å². The first kappa shape index (κ1) is 16.9. The van der Waals surface area contributed by atoms with Crippen LogP contribution in [-0.4, -0.2) is 26.1 Å². The van der Waals surface area contributed by atoms with E-state index in [1.807, 2.05) is 25.1 Å². The van der Waals surface area contributed by atoms with E-state index in [-0.39, 0.29) is 4.90 Å². The number of rotatable bonds is 7. The third-order valence-electron chi connectivity index (χ3n) is 2.72. The van der Waals surface area contributed by atoms with E-state index in [2.05, 4.69) is 4.84 Å². The number of nitrogens with one attached hydrogen (secondary N) is 1. The SMILES string of the molecule is Cc1cccc(Oc2ccc(S(=O)(=O)NOCC(=O)O)cc2)c1. The smallest absolute Gasteiger partial charge is 0.331 e. The molecule has 0 fully saturated rings. The second-order valence-electron chi connectivity index (χ2n) is 4.66. The fourth-order valence-electron chi connectivity index (χ4n) is 1.72. The van der Waals surface area contributed by atoms with Crippen LogP contribution in [0, 0.1) is 6.92 Å². The molecule has 2 N–H and O–H groups in total. The lowest BCUT2D eigenvalue weighted by Crippen LogP contribution is -2.26. The van der Waals surface area contributed by atoms with Crippen molar-refractivity contribution in [3.63, 3.8) is 0 Å². The Balaban J connectivity index is 2.05. The van der Waals surface area contributed by atoms with Gasteiger partial charge in [0.25, 0.3) is 10.0 Å².